The van der Waals surface area contributed by atoms with Crippen LogP contribution in [0.1, 0.15) is 12.0 Å². The first kappa shape index (κ1) is 12.0. The van der Waals surface area contributed by atoms with E-state index in [-0.39, 0.29) is 23.9 Å². The van der Waals surface area contributed by atoms with Crippen molar-refractivity contribution in [2.45, 2.75) is 18.9 Å². The average molecular weight is 240 g/mol. The van der Waals surface area contributed by atoms with Crippen molar-refractivity contribution < 1.29 is 13.6 Å². The molecule has 0 spiro atoms. The minimum absolute atomic E-state index is 0.0530. The summed E-state index contributed by atoms with van der Waals surface area (Å²) in [5.41, 5.74) is 0.217. The summed E-state index contributed by atoms with van der Waals surface area (Å²) in [6.07, 6.45) is 0.834. The zero-order chi connectivity index (χ0) is 12.3. The smallest absolute Gasteiger partial charge is 0.224 e. The number of hydrogen-bond donors (Lipinski definition) is 2. The predicted octanol–water partition coefficient (Wildman–Crippen LogP) is 0.985. The van der Waals surface area contributed by atoms with Crippen molar-refractivity contribution in [3.8, 4) is 0 Å². The largest absolute Gasteiger partial charge is 0.352 e. The molecule has 1 fully saturated rings. The maximum absolute atomic E-state index is 13.3. The molecule has 1 atom stereocenters. The summed E-state index contributed by atoms with van der Waals surface area (Å²) in [4.78, 5) is 11.6. The predicted molar refractivity (Wildman–Crippen MR) is 59.5 cm³/mol. The Morgan fingerprint density at radius 3 is 2.94 bits per heavy atom. The quantitative estimate of drug-likeness (QED) is 0.827. The van der Waals surface area contributed by atoms with E-state index in [2.05, 4.69) is 10.6 Å². The lowest BCUT2D eigenvalue weighted by molar-refractivity contribution is -0.121. The van der Waals surface area contributed by atoms with E-state index in [4.69, 9.17) is 0 Å². The minimum Gasteiger partial charge on any atom is -0.352 e. The Labute approximate surface area is 98.2 Å². The van der Waals surface area contributed by atoms with Crippen molar-refractivity contribution in [1.82, 2.24) is 10.6 Å². The Hall–Kier alpha value is -1.49. The van der Waals surface area contributed by atoms with Crippen molar-refractivity contribution in [1.29, 1.82) is 0 Å². The second-order valence-corrected chi connectivity index (χ2v) is 4.17. The van der Waals surface area contributed by atoms with Gasteiger partial charge < -0.3 is 10.6 Å². The molecule has 0 aromatic heterocycles. The highest BCUT2D eigenvalue weighted by atomic mass is 19.1. The molecule has 1 aromatic carbocycles. The van der Waals surface area contributed by atoms with E-state index in [1.807, 2.05) is 0 Å². The topological polar surface area (TPSA) is 41.1 Å². The first-order valence-corrected chi connectivity index (χ1v) is 5.59. The number of nitrogens with one attached hydrogen (secondary N) is 2. The van der Waals surface area contributed by atoms with E-state index >= 15 is 0 Å². The van der Waals surface area contributed by atoms with Crippen LogP contribution in [0.15, 0.2) is 18.2 Å². The number of amides is 1. The normalized spacial score (nSPS) is 19.3. The maximum atomic E-state index is 13.3. The second-order valence-electron chi connectivity index (χ2n) is 4.17. The van der Waals surface area contributed by atoms with Gasteiger partial charge >= 0.3 is 0 Å². The molecular formula is C12H14F2N2O. The summed E-state index contributed by atoms with van der Waals surface area (Å²) in [5, 5.41) is 5.93. The Morgan fingerprint density at radius 2 is 2.29 bits per heavy atom. The molecule has 0 aliphatic carbocycles. The molecule has 5 heteroatoms. The van der Waals surface area contributed by atoms with Crippen LogP contribution < -0.4 is 10.6 Å². The third kappa shape index (κ3) is 3.23. The monoisotopic (exact) mass is 240 g/mol. The molecule has 1 aromatic rings. The Morgan fingerprint density at radius 1 is 1.47 bits per heavy atom. The van der Waals surface area contributed by atoms with Crippen molar-refractivity contribution in [2.75, 3.05) is 13.1 Å². The van der Waals surface area contributed by atoms with Crippen molar-refractivity contribution in [3.05, 3.63) is 35.4 Å². The summed E-state index contributed by atoms with van der Waals surface area (Å²) >= 11 is 0. The molecule has 1 unspecified atom stereocenters. The molecule has 2 N–H and O–H groups in total. The van der Waals surface area contributed by atoms with E-state index in [1.54, 1.807) is 0 Å². The lowest BCUT2D eigenvalue weighted by Crippen LogP contribution is -2.37. The van der Waals surface area contributed by atoms with Gasteiger partial charge in [0.25, 0.3) is 0 Å². The Balaban J connectivity index is 1.93. The van der Waals surface area contributed by atoms with Gasteiger partial charge in [-0.25, -0.2) is 8.78 Å². The summed E-state index contributed by atoms with van der Waals surface area (Å²) in [6, 6.07) is 3.37. The minimum atomic E-state index is -0.676. The van der Waals surface area contributed by atoms with Crippen LogP contribution in [-0.2, 0) is 11.2 Å². The average Bonchev–Trinajstić information content (AvgIpc) is 2.75. The third-order valence-electron chi connectivity index (χ3n) is 2.79. The SMILES string of the molecule is O=C(Cc1ccc(F)cc1F)NC1CCNC1. The van der Waals surface area contributed by atoms with Gasteiger partial charge in [-0.15, -0.1) is 0 Å². The molecule has 1 saturated heterocycles. The van der Waals surface area contributed by atoms with Gasteiger partial charge in [-0.3, -0.25) is 4.79 Å². The van der Waals surface area contributed by atoms with Gasteiger partial charge in [0.1, 0.15) is 11.6 Å². The molecular weight excluding hydrogens is 226 g/mol. The van der Waals surface area contributed by atoms with E-state index < -0.39 is 11.6 Å². The highest BCUT2D eigenvalue weighted by Crippen LogP contribution is 2.10. The second kappa shape index (κ2) is 5.23. The van der Waals surface area contributed by atoms with E-state index in [9.17, 15) is 13.6 Å². The highest BCUT2D eigenvalue weighted by Gasteiger charge is 2.17. The number of rotatable bonds is 3. The number of hydrogen-bond acceptors (Lipinski definition) is 2. The highest BCUT2D eigenvalue weighted by molar-refractivity contribution is 5.79. The summed E-state index contributed by atoms with van der Waals surface area (Å²) in [6.45, 7) is 1.63. The van der Waals surface area contributed by atoms with Crippen LogP contribution in [0.2, 0.25) is 0 Å². The number of carbonyl (C=O) groups excluding carboxylic acids is 1. The van der Waals surface area contributed by atoms with Crippen LogP contribution in [0.25, 0.3) is 0 Å². The molecule has 0 radical (unpaired) electrons. The summed E-state index contributed by atoms with van der Waals surface area (Å²) < 4.78 is 26.0. The zero-order valence-corrected chi connectivity index (χ0v) is 9.30. The number of benzene rings is 1. The first-order chi connectivity index (χ1) is 8.15. The standard InChI is InChI=1S/C12H14F2N2O/c13-9-2-1-8(11(14)6-9)5-12(17)16-10-3-4-15-7-10/h1-2,6,10,15H,3-5,7H2,(H,16,17). The van der Waals surface area contributed by atoms with Crippen molar-refractivity contribution >= 4 is 5.91 Å². The van der Waals surface area contributed by atoms with Crippen LogP contribution in [0, 0.1) is 11.6 Å². The molecule has 1 aliphatic heterocycles. The molecule has 92 valence electrons. The lowest BCUT2D eigenvalue weighted by atomic mass is 10.1. The van der Waals surface area contributed by atoms with Gasteiger partial charge in [0.2, 0.25) is 5.91 Å². The number of halogens is 2. The lowest BCUT2D eigenvalue weighted by Gasteiger charge is -2.11. The van der Waals surface area contributed by atoms with Crippen molar-refractivity contribution in [2.24, 2.45) is 0 Å². The molecule has 0 bridgehead atoms. The van der Waals surface area contributed by atoms with E-state index in [0.29, 0.717) is 0 Å². The van der Waals surface area contributed by atoms with Crippen LogP contribution in [0.3, 0.4) is 0 Å². The number of carbonyl (C=O) groups is 1. The van der Waals surface area contributed by atoms with Gasteiger partial charge in [-0.1, -0.05) is 6.07 Å². The van der Waals surface area contributed by atoms with Crippen LogP contribution in [0.4, 0.5) is 8.78 Å². The van der Waals surface area contributed by atoms with E-state index in [1.165, 1.54) is 6.07 Å². The third-order valence-corrected chi connectivity index (χ3v) is 2.79. The molecule has 1 aliphatic rings. The van der Waals surface area contributed by atoms with Crippen LogP contribution in [-0.4, -0.2) is 25.0 Å². The molecule has 2 rings (SSSR count). The Kier molecular flexibility index (Phi) is 3.68. The zero-order valence-electron chi connectivity index (χ0n) is 9.30. The molecule has 3 nitrogen and oxygen atoms in total. The molecule has 0 saturated carbocycles. The van der Waals surface area contributed by atoms with E-state index in [0.717, 1.165) is 31.6 Å². The van der Waals surface area contributed by atoms with Crippen molar-refractivity contribution in [3.63, 3.8) is 0 Å². The van der Waals surface area contributed by atoms with Gasteiger partial charge in [-0.05, 0) is 24.6 Å². The van der Waals surface area contributed by atoms with Gasteiger partial charge in [-0.2, -0.15) is 0 Å². The fraction of sp³-hybridized carbons (Fsp3) is 0.417. The van der Waals surface area contributed by atoms with Crippen LogP contribution in [0.5, 0.6) is 0 Å². The maximum Gasteiger partial charge on any atom is 0.224 e. The van der Waals surface area contributed by atoms with Crippen LogP contribution >= 0.6 is 0 Å². The Bertz CT molecular complexity index is 417. The van der Waals surface area contributed by atoms with Gasteiger partial charge in [0.05, 0.1) is 6.42 Å². The molecule has 1 amide bonds. The molecule has 17 heavy (non-hydrogen) atoms. The molecule has 1 heterocycles. The summed E-state index contributed by atoms with van der Waals surface area (Å²) in [7, 11) is 0. The summed E-state index contributed by atoms with van der Waals surface area (Å²) in [5.74, 6) is -1.54. The van der Waals surface area contributed by atoms with Gasteiger partial charge in [0, 0.05) is 18.7 Å². The van der Waals surface area contributed by atoms with Gasteiger partial charge in [0.15, 0.2) is 0 Å². The first-order valence-electron chi connectivity index (χ1n) is 5.59. The fourth-order valence-corrected chi connectivity index (χ4v) is 1.89. The fourth-order valence-electron chi connectivity index (χ4n) is 1.89.